The molecule has 2 rings (SSSR count). The van der Waals surface area contributed by atoms with E-state index in [-0.39, 0.29) is 5.69 Å². The highest BCUT2D eigenvalue weighted by atomic mass is 16.5. The van der Waals surface area contributed by atoms with E-state index in [0.717, 1.165) is 45.7 Å². The summed E-state index contributed by atoms with van der Waals surface area (Å²) in [6.45, 7) is 6.00. The fraction of sp³-hybridized carbons (Fsp3) is 0.750. The van der Waals surface area contributed by atoms with E-state index in [4.69, 9.17) is 4.74 Å². The first-order valence-corrected chi connectivity index (χ1v) is 6.38. The fourth-order valence-electron chi connectivity index (χ4n) is 2.16. The molecule has 96 valence electrons. The van der Waals surface area contributed by atoms with Gasteiger partial charge in [-0.1, -0.05) is 0 Å². The van der Waals surface area contributed by atoms with Gasteiger partial charge in [0.1, 0.15) is 0 Å². The normalized spacial score (nSPS) is 17.5. The highest BCUT2D eigenvalue weighted by Gasteiger charge is 2.12. The maximum atomic E-state index is 11.8. The second-order valence-corrected chi connectivity index (χ2v) is 4.40. The molecule has 0 bridgehead atoms. The van der Waals surface area contributed by atoms with E-state index < -0.39 is 0 Å². The van der Waals surface area contributed by atoms with E-state index >= 15 is 0 Å². The lowest BCUT2D eigenvalue weighted by molar-refractivity contribution is 0.0778. The summed E-state index contributed by atoms with van der Waals surface area (Å²) >= 11 is 0. The van der Waals surface area contributed by atoms with Gasteiger partial charge in [-0.25, -0.2) is 4.79 Å². The van der Waals surface area contributed by atoms with Crippen molar-refractivity contribution in [2.24, 2.45) is 0 Å². The Morgan fingerprint density at radius 2 is 2.06 bits per heavy atom. The molecule has 2 heterocycles. The Bertz CT molecular complexity index is 391. The molecular weight excluding hydrogens is 218 g/mol. The van der Waals surface area contributed by atoms with Gasteiger partial charge in [0.25, 0.3) is 0 Å². The number of nitrogens with zero attached hydrogens (tertiary/aromatic N) is 2. The van der Waals surface area contributed by atoms with E-state index in [0.29, 0.717) is 6.04 Å². The topological polar surface area (TPSA) is 48.2 Å². The molecule has 0 amide bonds. The van der Waals surface area contributed by atoms with Crippen LogP contribution in [-0.4, -0.2) is 34.9 Å². The quantitative estimate of drug-likeness (QED) is 0.811. The average Bonchev–Trinajstić information content (AvgIpc) is 2.72. The van der Waals surface area contributed by atoms with Gasteiger partial charge in [-0.3, -0.25) is 9.13 Å². The second-order valence-electron chi connectivity index (χ2n) is 4.40. The first-order valence-electron chi connectivity index (χ1n) is 6.38. The molecule has 5 nitrogen and oxygen atoms in total. The molecule has 1 aromatic rings. The molecule has 0 unspecified atom stereocenters. The third-order valence-electron chi connectivity index (χ3n) is 3.27. The molecule has 0 spiro atoms. The monoisotopic (exact) mass is 239 g/mol. The zero-order valence-corrected chi connectivity index (χ0v) is 10.4. The Balaban J connectivity index is 1.77. The van der Waals surface area contributed by atoms with Gasteiger partial charge in [0, 0.05) is 51.3 Å². The zero-order valence-electron chi connectivity index (χ0n) is 10.4. The SMILES string of the molecule is CCn1ccn(CCNC2CCOCC2)c1=O. The van der Waals surface area contributed by atoms with Gasteiger partial charge in [-0.2, -0.15) is 0 Å². The molecular formula is C12H21N3O2. The van der Waals surface area contributed by atoms with Crippen LogP contribution in [0.2, 0.25) is 0 Å². The predicted octanol–water partition coefficient (Wildman–Crippen LogP) is 0.438. The summed E-state index contributed by atoms with van der Waals surface area (Å²) in [5, 5.41) is 3.48. The predicted molar refractivity (Wildman–Crippen MR) is 66.2 cm³/mol. The lowest BCUT2D eigenvalue weighted by atomic mass is 10.1. The molecule has 0 aliphatic carbocycles. The molecule has 5 heteroatoms. The Hall–Kier alpha value is -1.07. The number of hydrogen-bond donors (Lipinski definition) is 1. The van der Waals surface area contributed by atoms with Gasteiger partial charge in [-0.15, -0.1) is 0 Å². The zero-order chi connectivity index (χ0) is 12.1. The summed E-state index contributed by atoms with van der Waals surface area (Å²) < 4.78 is 8.78. The number of ether oxygens (including phenoxy) is 1. The van der Waals surface area contributed by atoms with Crippen LogP contribution in [-0.2, 0) is 17.8 Å². The highest BCUT2D eigenvalue weighted by molar-refractivity contribution is 4.81. The first kappa shape index (κ1) is 12.4. The summed E-state index contributed by atoms with van der Waals surface area (Å²) in [6, 6.07) is 0.549. The Morgan fingerprint density at radius 3 is 2.71 bits per heavy atom. The van der Waals surface area contributed by atoms with Crippen LogP contribution in [0, 0.1) is 0 Å². The minimum atomic E-state index is 0.0845. The van der Waals surface area contributed by atoms with Crippen LogP contribution in [0.5, 0.6) is 0 Å². The molecule has 0 saturated carbocycles. The summed E-state index contributed by atoms with van der Waals surface area (Å²) in [7, 11) is 0. The minimum absolute atomic E-state index is 0.0845. The summed E-state index contributed by atoms with van der Waals surface area (Å²) in [4.78, 5) is 11.8. The van der Waals surface area contributed by atoms with E-state index in [1.165, 1.54) is 0 Å². The third-order valence-corrected chi connectivity index (χ3v) is 3.27. The van der Waals surface area contributed by atoms with Crippen molar-refractivity contribution in [2.75, 3.05) is 19.8 Å². The maximum Gasteiger partial charge on any atom is 0.328 e. The second kappa shape index (κ2) is 6.02. The molecule has 1 aliphatic heterocycles. The smallest absolute Gasteiger partial charge is 0.328 e. The van der Waals surface area contributed by atoms with Crippen LogP contribution >= 0.6 is 0 Å². The Morgan fingerprint density at radius 1 is 1.35 bits per heavy atom. The van der Waals surface area contributed by atoms with E-state index in [1.54, 1.807) is 9.13 Å². The van der Waals surface area contributed by atoms with Crippen molar-refractivity contribution in [2.45, 2.75) is 38.9 Å². The minimum Gasteiger partial charge on any atom is -0.381 e. The number of aromatic nitrogens is 2. The highest BCUT2D eigenvalue weighted by Crippen LogP contribution is 2.05. The lowest BCUT2D eigenvalue weighted by Crippen LogP contribution is -2.37. The van der Waals surface area contributed by atoms with Crippen LogP contribution < -0.4 is 11.0 Å². The van der Waals surface area contributed by atoms with Gasteiger partial charge in [0.2, 0.25) is 0 Å². The van der Waals surface area contributed by atoms with Gasteiger partial charge in [0.15, 0.2) is 0 Å². The van der Waals surface area contributed by atoms with Crippen LogP contribution in [0.4, 0.5) is 0 Å². The van der Waals surface area contributed by atoms with Crippen molar-refractivity contribution in [1.29, 1.82) is 0 Å². The van der Waals surface area contributed by atoms with Crippen molar-refractivity contribution in [3.05, 3.63) is 22.9 Å². The van der Waals surface area contributed by atoms with Crippen molar-refractivity contribution in [1.82, 2.24) is 14.5 Å². The largest absolute Gasteiger partial charge is 0.381 e. The van der Waals surface area contributed by atoms with Crippen molar-refractivity contribution in [3.8, 4) is 0 Å². The molecule has 1 saturated heterocycles. The van der Waals surface area contributed by atoms with Crippen molar-refractivity contribution < 1.29 is 4.74 Å². The van der Waals surface area contributed by atoms with Crippen LogP contribution in [0.1, 0.15) is 19.8 Å². The summed E-state index contributed by atoms with van der Waals surface area (Å²) in [5.74, 6) is 0. The number of hydrogen-bond acceptors (Lipinski definition) is 3. The van der Waals surface area contributed by atoms with Crippen molar-refractivity contribution in [3.63, 3.8) is 0 Å². The number of nitrogens with one attached hydrogen (secondary N) is 1. The fourth-order valence-corrected chi connectivity index (χ4v) is 2.16. The Kier molecular flexibility index (Phi) is 4.39. The number of aryl methyl sites for hydroxylation is 1. The number of imidazole rings is 1. The molecule has 0 atom stereocenters. The summed E-state index contributed by atoms with van der Waals surface area (Å²) in [5.41, 5.74) is 0.0845. The maximum absolute atomic E-state index is 11.8. The molecule has 1 fully saturated rings. The molecule has 1 aromatic heterocycles. The molecule has 1 aliphatic rings. The average molecular weight is 239 g/mol. The number of rotatable bonds is 5. The van der Waals surface area contributed by atoms with Crippen LogP contribution in [0.15, 0.2) is 17.2 Å². The van der Waals surface area contributed by atoms with Gasteiger partial charge in [-0.05, 0) is 19.8 Å². The van der Waals surface area contributed by atoms with Crippen LogP contribution in [0.25, 0.3) is 0 Å². The molecule has 0 aromatic carbocycles. The summed E-state index contributed by atoms with van der Waals surface area (Å²) in [6.07, 6.45) is 5.85. The molecule has 1 N–H and O–H groups in total. The van der Waals surface area contributed by atoms with E-state index in [1.807, 2.05) is 19.3 Å². The lowest BCUT2D eigenvalue weighted by Gasteiger charge is -2.23. The van der Waals surface area contributed by atoms with E-state index in [9.17, 15) is 4.79 Å². The van der Waals surface area contributed by atoms with Crippen molar-refractivity contribution >= 4 is 0 Å². The van der Waals surface area contributed by atoms with Gasteiger partial charge in [0.05, 0.1) is 0 Å². The van der Waals surface area contributed by atoms with Gasteiger partial charge < -0.3 is 10.1 Å². The molecule has 0 radical (unpaired) electrons. The van der Waals surface area contributed by atoms with Gasteiger partial charge >= 0.3 is 5.69 Å². The third kappa shape index (κ3) is 3.20. The van der Waals surface area contributed by atoms with Crippen LogP contribution in [0.3, 0.4) is 0 Å². The first-order chi connectivity index (χ1) is 8.31. The van der Waals surface area contributed by atoms with E-state index in [2.05, 4.69) is 5.32 Å². The standard InChI is InChI=1S/C12H21N3O2/c1-2-14-7-8-15(12(14)16)6-5-13-11-3-9-17-10-4-11/h7-8,11,13H,2-6,9-10H2,1H3. The Labute approximate surface area is 101 Å². The molecule has 17 heavy (non-hydrogen) atoms.